The summed E-state index contributed by atoms with van der Waals surface area (Å²) in [5.41, 5.74) is 1.49. The van der Waals surface area contributed by atoms with Crippen LogP contribution in [-0.4, -0.2) is 28.8 Å². The summed E-state index contributed by atoms with van der Waals surface area (Å²) in [5.74, 6) is 0.639. The molecule has 4 aromatic rings. The molecular weight excluding hydrogens is 563 g/mol. The summed E-state index contributed by atoms with van der Waals surface area (Å²) in [6.07, 6.45) is 1.77. The van der Waals surface area contributed by atoms with Crippen LogP contribution in [0.25, 0.3) is 16.8 Å². The van der Waals surface area contributed by atoms with E-state index in [1.807, 2.05) is 48.7 Å². The smallest absolute Gasteiger partial charge is 0.178 e. The number of rotatable bonds is 7. The molecule has 3 aromatic carbocycles. The lowest BCUT2D eigenvalue weighted by Crippen LogP contribution is -2.25. The molecule has 0 spiro atoms. The Morgan fingerprint density at radius 1 is 0.895 bits per heavy atom. The highest BCUT2D eigenvalue weighted by Gasteiger charge is 2.34. The fourth-order valence-corrected chi connectivity index (χ4v) is 6.06. The molecule has 9 heteroatoms. The number of imidazole rings is 1. The average Bonchev–Trinajstić information content (AvgIpc) is 3.32. The molecular formula is C29H29Cl3N2O3S. The average molecular weight is 592 g/mol. The van der Waals surface area contributed by atoms with E-state index in [4.69, 9.17) is 39.8 Å². The van der Waals surface area contributed by atoms with Gasteiger partial charge in [-0.1, -0.05) is 72.1 Å². The molecule has 200 valence electrons. The quantitative estimate of drug-likeness (QED) is 0.238. The number of benzene rings is 3. The Bertz CT molecular complexity index is 1620. The summed E-state index contributed by atoms with van der Waals surface area (Å²) < 4.78 is 26.6. The maximum Gasteiger partial charge on any atom is 0.178 e. The number of halogens is 3. The van der Waals surface area contributed by atoms with E-state index in [-0.39, 0.29) is 10.6 Å². The van der Waals surface area contributed by atoms with Crippen LogP contribution in [0, 0.1) is 0 Å². The molecule has 5 nitrogen and oxygen atoms in total. The van der Waals surface area contributed by atoms with Crippen molar-refractivity contribution in [1.82, 2.24) is 9.55 Å². The Morgan fingerprint density at radius 3 is 2.18 bits per heavy atom. The number of aromatic nitrogens is 2. The maximum atomic E-state index is 12.4. The van der Waals surface area contributed by atoms with E-state index in [9.17, 15) is 13.5 Å². The SMILES string of the molecule is CCS(=O)(=O)c1cccc(-c2ccc(-n3cc(C(C)(C)O)nc3C(C)(C)c3cccc(Cl)c3Cl)c(Cl)c2)c1. The molecule has 0 amide bonds. The van der Waals surface area contributed by atoms with Gasteiger partial charge in [0.15, 0.2) is 9.84 Å². The Morgan fingerprint density at radius 2 is 1.55 bits per heavy atom. The third kappa shape index (κ3) is 5.38. The molecule has 0 aliphatic rings. The first-order valence-corrected chi connectivity index (χ1v) is 14.9. The predicted octanol–water partition coefficient (Wildman–Crippen LogP) is 7.85. The van der Waals surface area contributed by atoms with Gasteiger partial charge < -0.3 is 9.67 Å². The molecule has 0 radical (unpaired) electrons. The van der Waals surface area contributed by atoms with Crippen LogP contribution < -0.4 is 0 Å². The van der Waals surface area contributed by atoms with Crippen molar-refractivity contribution < 1.29 is 13.5 Å². The number of aliphatic hydroxyl groups is 1. The molecule has 0 aliphatic heterocycles. The summed E-state index contributed by atoms with van der Waals surface area (Å²) in [4.78, 5) is 5.10. The minimum atomic E-state index is -3.35. The third-order valence-electron chi connectivity index (χ3n) is 6.63. The van der Waals surface area contributed by atoms with Crippen molar-refractivity contribution in [2.24, 2.45) is 0 Å². The van der Waals surface area contributed by atoms with Crippen LogP contribution >= 0.6 is 34.8 Å². The zero-order valence-corrected chi connectivity index (χ0v) is 24.8. The van der Waals surface area contributed by atoms with Gasteiger partial charge in [-0.05, 0) is 74.7 Å². The maximum absolute atomic E-state index is 12.4. The van der Waals surface area contributed by atoms with E-state index < -0.39 is 20.9 Å². The van der Waals surface area contributed by atoms with Gasteiger partial charge >= 0.3 is 0 Å². The molecule has 0 saturated carbocycles. The number of hydrogen-bond donors (Lipinski definition) is 1. The van der Waals surface area contributed by atoms with E-state index in [1.165, 1.54) is 0 Å². The van der Waals surface area contributed by atoms with E-state index in [0.29, 0.717) is 32.3 Å². The topological polar surface area (TPSA) is 72.2 Å². The minimum Gasteiger partial charge on any atom is -0.384 e. The molecule has 0 aliphatic carbocycles. The minimum absolute atomic E-state index is 0.0233. The largest absolute Gasteiger partial charge is 0.384 e. The van der Waals surface area contributed by atoms with Crippen molar-refractivity contribution in [3.63, 3.8) is 0 Å². The fourth-order valence-electron chi connectivity index (χ4n) is 4.32. The number of sulfone groups is 1. The Kier molecular flexibility index (Phi) is 7.78. The first kappa shape index (κ1) is 28.7. The molecule has 0 bridgehead atoms. The van der Waals surface area contributed by atoms with Crippen LogP contribution in [0.15, 0.2) is 71.8 Å². The lowest BCUT2D eigenvalue weighted by atomic mass is 9.83. The van der Waals surface area contributed by atoms with Crippen LogP contribution in [0.1, 0.15) is 51.7 Å². The second-order valence-corrected chi connectivity index (χ2v) is 13.7. The van der Waals surface area contributed by atoms with Gasteiger partial charge in [0.05, 0.1) is 37.1 Å². The van der Waals surface area contributed by atoms with Crippen molar-refractivity contribution in [2.45, 2.75) is 50.5 Å². The zero-order chi connectivity index (χ0) is 28.0. The second kappa shape index (κ2) is 10.3. The monoisotopic (exact) mass is 590 g/mol. The molecule has 1 N–H and O–H groups in total. The van der Waals surface area contributed by atoms with Gasteiger partial charge in [0.25, 0.3) is 0 Å². The van der Waals surface area contributed by atoms with Gasteiger partial charge in [-0.3, -0.25) is 0 Å². The molecule has 0 saturated heterocycles. The van der Waals surface area contributed by atoms with Crippen LogP contribution in [0.5, 0.6) is 0 Å². The predicted molar refractivity (Wildman–Crippen MR) is 156 cm³/mol. The Hall–Kier alpha value is -2.35. The first-order valence-electron chi connectivity index (χ1n) is 12.1. The van der Waals surface area contributed by atoms with Gasteiger partial charge in [0.1, 0.15) is 11.4 Å². The van der Waals surface area contributed by atoms with Crippen molar-refractivity contribution in [3.8, 4) is 16.8 Å². The number of nitrogens with zero attached hydrogens (tertiary/aromatic N) is 2. The van der Waals surface area contributed by atoms with Crippen molar-refractivity contribution in [1.29, 1.82) is 0 Å². The first-order chi connectivity index (χ1) is 17.7. The van der Waals surface area contributed by atoms with Crippen LogP contribution in [0.3, 0.4) is 0 Å². The summed E-state index contributed by atoms with van der Waals surface area (Å²) in [5, 5.41) is 12.1. The van der Waals surface area contributed by atoms with E-state index >= 15 is 0 Å². The molecule has 0 atom stereocenters. The normalized spacial score (nSPS) is 12.7. The second-order valence-electron chi connectivity index (χ2n) is 10.2. The van der Waals surface area contributed by atoms with Crippen molar-refractivity contribution >= 4 is 44.6 Å². The lowest BCUT2D eigenvalue weighted by Gasteiger charge is -2.27. The van der Waals surface area contributed by atoms with E-state index in [0.717, 1.165) is 16.7 Å². The Labute approximate surface area is 238 Å². The lowest BCUT2D eigenvalue weighted by molar-refractivity contribution is 0.0740. The highest BCUT2D eigenvalue weighted by Crippen LogP contribution is 2.41. The van der Waals surface area contributed by atoms with E-state index in [2.05, 4.69) is 0 Å². The summed E-state index contributed by atoms with van der Waals surface area (Å²) in [6.45, 7) is 8.94. The van der Waals surface area contributed by atoms with Gasteiger partial charge in [-0.15, -0.1) is 0 Å². The molecule has 0 fully saturated rings. The van der Waals surface area contributed by atoms with Gasteiger partial charge in [0, 0.05) is 11.6 Å². The third-order valence-corrected chi connectivity index (χ3v) is 9.48. The molecule has 4 rings (SSSR count). The highest BCUT2D eigenvalue weighted by molar-refractivity contribution is 7.91. The Balaban J connectivity index is 1.87. The van der Waals surface area contributed by atoms with E-state index in [1.54, 1.807) is 57.3 Å². The highest BCUT2D eigenvalue weighted by atomic mass is 35.5. The molecule has 38 heavy (non-hydrogen) atoms. The van der Waals surface area contributed by atoms with Crippen molar-refractivity contribution in [3.05, 3.63) is 99.0 Å². The standard InChI is InChI=1S/C29H29Cl3N2O3S/c1-6-38(36,37)20-10-7-9-18(15-20)19-13-14-24(23(31)16-19)34-17-25(29(4,5)35)33-27(34)28(2,3)21-11-8-12-22(30)26(21)32/h7-17,35H,6H2,1-5H3. The zero-order valence-electron chi connectivity index (χ0n) is 21.8. The summed E-state index contributed by atoms with van der Waals surface area (Å²) in [6, 6.07) is 17.8. The van der Waals surface area contributed by atoms with Gasteiger partial charge in [0.2, 0.25) is 0 Å². The summed E-state index contributed by atoms with van der Waals surface area (Å²) in [7, 11) is -3.35. The molecule has 1 aromatic heterocycles. The van der Waals surface area contributed by atoms with Crippen molar-refractivity contribution in [2.75, 3.05) is 5.75 Å². The summed E-state index contributed by atoms with van der Waals surface area (Å²) >= 11 is 19.8. The molecule has 0 unspecified atom stereocenters. The fraction of sp³-hybridized carbons (Fsp3) is 0.276. The van der Waals surface area contributed by atoms with Crippen LogP contribution in [0.4, 0.5) is 0 Å². The van der Waals surface area contributed by atoms with Crippen LogP contribution in [-0.2, 0) is 20.9 Å². The van der Waals surface area contributed by atoms with Gasteiger partial charge in [-0.2, -0.15) is 0 Å². The number of hydrogen-bond acceptors (Lipinski definition) is 4. The van der Waals surface area contributed by atoms with Gasteiger partial charge in [-0.25, -0.2) is 13.4 Å². The van der Waals surface area contributed by atoms with Crippen LogP contribution in [0.2, 0.25) is 15.1 Å². The molecule has 1 heterocycles.